The zero-order valence-corrected chi connectivity index (χ0v) is 21.3. The molecule has 8 heteroatoms. The molecule has 0 radical (unpaired) electrons. The summed E-state index contributed by atoms with van der Waals surface area (Å²) in [6, 6.07) is 22.2. The Morgan fingerprint density at radius 2 is 1.37 bits per heavy atom. The van der Waals surface area contributed by atoms with Crippen molar-refractivity contribution in [3.8, 4) is 0 Å². The van der Waals surface area contributed by atoms with E-state index < -0.39 is 6.04 Å². The average Bonchev–Trinajstić information content (AvgIpc) is 3.28. The summed E-state index contributed by atoms with van der Waals surface area (Å²) in [5, 5.41) is 2.50. The van der Waals surface area contributed by atoms with E-state index in [0.29, 0.717) is 26.2 Å². The molecule has 2 amide bonds. The van der Waals surface area contributed by atoms with Gasteiger partial charge in [0, 0.05) is 45.8 Å². The molecular formula is C27H32Cl2N4O2. The highest BCUT2D eigenvalue weighted by atomic mass is 35.5. The molecule has 2 N–H and O–H groups in total. The van der Waals surface area contributed by atoms with Crippen LogP contribution in [0.25, 0.3) is 10.8 Å². The molecule has 1 saturated heterocycles. The van der Waals surface area contributed by atoms with E-state index in [1.165, 1.54) is 16.3 Å². The fourth-order valence-corrected chi connectivity index (χ4v) is 4.88. The molecule has 0 unspecified atom stereocenters. The van der Waals surface area contributed by atoms with Crippen LogP contribution in [0.3, 0.4) is 0 Å². The number of piperazine rings is 1. The second-order valence-electron chi connectivity index (χ2n) is 9.11. The monoisotopic (exact) mass is 514 g/mol. The maximum absolute atomic E-state index is 12.8. The van der Waals surface area contributed by atoms with Crippen molar-refractivity contribution in [3.63, 3.8) is 0 Å². The molecular weight excluding hydrogens is 483 g/mol. The van der Waals surface area contributed by atoms with Gasteiger partial charge in [-0.25, -0.2) is 0 Å². The molecule has 1 fully saturated rings. The van der Waals surface area contributed by atoms with Gasteiger partial charge in [-0.05, 0) is 33.5 Å². The van der Waals surface area contributed by atoms with Gasteiger partial charge in [-0.2, -0.15) is 0 Å². The molecule has 2 heterocycles. The van der Waals surface area contributed by atoms with Crippen LogP contribution in [0.2, 0.25) is 0 Å². The molecule has 0 spiro atoms. The first-order valence-corrected chi connectivity index (χ1v) is 11.7. The van der Waals surface area contributed by atoms with E-state index >= 15 is 0 Å². The lowest BCUT2D eigenvalue weighted by atomic mass is 10.1. The molecule has 3 aromatic rings. The molecule has 5 rings (SSSR count). The maximum Gasteiger partial charge on any atom is 0.240 e. The minimum Gasteiger partial charge on any atom is -0.340 e. The lowest BCUT2D eigenvalue weighted by Gasteiger charge is -2.35. The van der Waals surface area contributed by atoms with Gasteiger partial charge in [0.2, 0.25) is 11.8 Å². The highest BCUT2D eigenvalue weighted by Crippen LogP contribution is 2.23. The summed E-state index contributed by atoms with van der Waals surface area (Å²) in [5.74, 6) is -0.174. The van der Waals surface area contributed by atoms with Gasteiger partial charge in [0.05, 0.1) is 12.5 Å². The Hall–Kier alpha value is -2.64. The van der Waals surface area contributed by atoms with Gasteiger partial charge >= 0.3 is 0 Å². The van der Waals surface area contributed by atoms with Crippen molar-refractivity contribution in [1.29, 1.82) is 0 Å². The van der Waals surface area contributed by atoms with Crippen molar-refractivity contribution in [2.75, 3.05) is 26.2 Å². The molecule has 2 aliphatic rings. The smallest absolute Gasteiger partial charge is 0.240 e. The first-order chi connectivity index (χ1) is 16.1. The normalized spacial score (nSPS) is 16.3. The average molecular weight is 515 g/mol. The van der Waals surface area contributed by atoms with Gasteiger partial charge in [0.25, 0.3) is 0 Å². The summed E-state index contributed by atoms with van der Waals surface area (Å²) in [6.07, 6.45) is 0.0658. The van der Waals surface area contributed by atoms with Gasteiger partial charge in [-0.3, -0.25) is 14.5 Å². The summed E-state index contributed by atoms with van der Waals surface area (Å²) >= 11 is 0. The zero-order valence-electron chi connectivity index (χ0n) is 19.6. The molecule has 3 aromatic carbocycles. The third-order valence-electron chi connectivity index (χ3n) is 6.81. The third kappa shape index (κ3) is 6.14. The Morgan fingerprint density at radius 3 is 2.03 bits per heavy atom. The Kier molecular flexibility index (Phi) is 9.14. The second kappa shape index (κ2) is 11.9. The lowest BCUT2D eigenvalue weighted by Crippen LogP contribution is -2.51. The van der Waals surface area contributed by atoms with Gasteiger partial charge in [-0.1, -0.05) is 60.7 Å². The quantitative estimate of drug-likeness (QED) is 0.564. The van der Waals surface area contributed by atoms with Crippen molar-refractivity contribution >= 4 is 47.4 Å². The molecule has 6 nitrogen and oxygen atoms in total. The van der Waals surface area contributed by atoms with Gasteiger partial charge in [0.1, 0.15) is 0 Å². The minimum absolute atomic E-state index is 0. The van der Waals surface area contributed by atoms with Crippen LogP contribution in [-0.2, 0) is 29.2 Å². The van der Waals surface area contributed by atoms with Gasteiger partial charge in [-0.15, -0.1) is 24.8 Å². The number of halogens is 2. The van der Waals surface area contributed by atoms with E-state index in [1.807, 2.05) is 29.2 Å². The molecule has 1 atom stereocenters. The van der Waals surface area contributed by atoms with Crippen LogP contribution in [0.15, 0.2) is 66.7 Å². The van der Waals surface area contributed by atoms with E-state index in [9.17, 15) is 9.59 Å². The lowest BCUT2D eigenvalue weighted by molar-refractivity contribution is -0.139. The van der Waals surface area contributed by atoms with Gasteiger partial charge < -0.3 is 15.5 Å². The number of amides is 2. The number of hydrogen-bond donors (Lipinski definition) is 1. The van der Waals surface area contributed by atoms with Crippen LogP contribution >= 0.6 is 24.8 Å². The number of nitrogens with zero attached hydrogens (tertiary/aromatic N) is 3. The Balaban J connectivity index is 0.00000171. The van der Waals surface area contributed by atoms with E-state index in [0.717, 1.165) is 30.8 Å². The first kappa shape index (κ1) is 27.0. The van der Waals surface area contributed by atoms with Crippen LogP contribution in [0.4, 0.5) is 0 Å². The second-order valence-corrected chi connectivity index (χ2v) is 9.11. The fourth-order valence-electron chi connectivity index (χ4n) is 4.88. The van der Waals surface area contributed by atoms with E-state index in [1.54, 1.807) is 4.90 Å². The van der Waals surface area contributed by atoms with E-state index in [-0.39, 0.29) is 43.0 Å². The molecule has 0 aliphatic carbocycles. The number of nitrogens with two attached hydrogens (primary N) is 1. The number of carbonyl (C=O) groups excluding carboxylic acids is 2. The van der Waals surface area contributed by atoms with E-state index in [4.69, 9.17) is 5.73 Å². The molecule has 35 heavy (non-hydrogen) atoms. The van der Waals surface area contributed by atoms with Crippen LogP contribution < -0.4 is 5.73 Å². The Bertz CT molecular complexity index is 1160. The van der Waals surface area contributed by atoms with Gasteiger partial charge in [0.15, 0.2) is 0 Å². The van der Waals surface area contributed by atoms with Crippen molar-refractivity contribution in [2.45, 2.75) is 32.1 Å². The highest BCUT2D eigenvalue weighted by Gasteiger charge is 2.30. The van der Waals surface area contributed by atoms with Crippen molar-refractivity contribution < 1.29 is 9.59 Å². The zero-order chi connectivity index (χ0) is 22.8. The first-order valence-electron chi connectivity index (χ1n) is 11.7. The standard InChI is InChI=1S/C27H30N4O2.2ClH/c28-25(27(33)31-18-23-7-3-4-8-24(23)19-31)16-26(32)30-13-11-29(12-14-30)17-20-9-10-21-5-1-2-6-22(21)15-20;;/h1-10,15,25H,11-14,16-19,28H2;2*1H/t25-;;/m0../s1. The SMILES string of the molecule is Cl.Cl.N[C@@H](CC(=O)N1CCN(Cc2ccc3ccccc3c2)CC1)C(=O)N1Cc2ccccc2C1. The summed E-state index contributed by atoms with van der Waals surface area (Å²) in [5.41, 5.74) is 9.77. The predicted molar refractivity (Wildman–Crippen MR) is 144 cm³/mol. The molecule has 2 aliphatic heterocycles. The largest absolute Gasteiger partial charge is 0.340 e. The number of hydrogen-bond acceptors (Lipinski definition) is 4. The van der Waals surface area contributed by atoms with Crippen LogP contribution in [0.1, 0.15) is 23.1 Å². The molecule has 0 saturated carbocycles. The number of carbonyl (C=O) groups is 2. The van der Waals surface area contributed by atoms with E-state index in [2.05, 4.69) is 47.4 Å². The van der Waals surface area contributed by atoms with Crippen molar-refractivity contribution in [3.05, 3.63) is 83.4 Å². The van der Waals surface area contributed by atoms with Crippen molar-refractivity contribution in [1.82, 2.24) is 14.7 Å². The topological polar surface area (TPSA) is 69.9 Å². The van der Waals surface area contributed by atoms with Crippen LogP contribution in [-0.4, -0.2) is 58.7 Å². The highest BCUT2D eigenvalue weighted by molar-refractivity contribution is 5.88. The number of benzene rings is 3. The third-order valence-corrected chi connectivity index (χ3v) is 6.81. The van der Waals surface area contributed by atoms with Crippen LogP contribution in [0, 0.1) is 0 Å². The maximum atomic E-state index is 12.8. The minimum atomic E-state index is -0.789. The molecule has 186 valence electrons. The Labute approximate surface area is 218 Å². The summed E-state index contributed by atoms with van der Waals surface area (Å²) in [4.78, 5) is 31.6. The molecule has 0 aromatic heterocycles. The summed E-state index contributed by atoms with van der Waals surface area (Å²) in [6.45, 7) is 5.01. The van der Waals surface area contributed by atoms with Crippen molar-refractivity contribution in [2.24, 2.45) is 5.73 Å². The summed E-state index contributed by atoms with van der Waals surface area (Å²) < 4.78 is 0. The van der Waals surface area contributed by atoms with Crippen LogP contribution in [0.5, 0.6) is 0 Å². The predicted octanol–water partition coefficient (Wildman–Crippen LogP) is 3.59. The number of rotatable bonds is 5. The Morgan fingerprint density at radius 1 is 0.771 bits per heavy atom. The fraction of sp³-hybridized carbons (Fsp3) is 0.333. The number of fused-ring (bicyclic) bond motifs is 2. The molecule has 0 bridgehead atoms. The summed E-state index contributed by atoms with van der Waals surface area (Å²) in [7, 11) is 0.